The second-order valence-electron chi connectivity index (χ2n) is 4.46. The van der Waals surface area contributed by atoms with E-state index in [4.69, 9.17) is 0 Å². The van der Waals surface area contributed by atoms with E-state index < -0.39 is 10.0 Å². The summed E-state index contributed by atoms with van der Waals surface area (Å²) in [7, 11) is -3.45. The van der Waals surface area contributed by atoms with Crippen molar-refractivity contribution in [3.05, 3.63) is 46.4 Å². The molecule has 0 saturated carbocycles. The zero-order valence-electron chi connectivity index (χ0n) is 10.8. The van der Waals surface area contributed by atoms with Crippen molar-refractivity contribution in [3.63, 3.8) is 0 Å². The first kappa shape index (κ1) is 14.2. The minimum atomic E-state index is -3.45. The SMILES string of the molecule is CC(C)c1csc(CNS(=O)(=O)c2ccccc2)n1. The molecular formula is C13H16N2O2S2. The standard InChI is InChI=1S/C13H16N2O2S2/c1-10(2)12-9-18-13(15-12)8-14-19(16,17)11-6-4-3-5-7-11/h3-7,9-10,14H,8H2,1-2H3. The first-order valence-electron chi connectivity index (χ1n) is 5.98. The average Bonchev–Trinajstić information content (AvgIpc) is 2.87. The largest absolute Gasteiger partial charge is 0.245 e. The van der Waals surface area contributed by atoms with Crippen LogP contribution in [0.4, 0.5) is 0 Å². The van der Waals surface area contributed by atoms with Gasteiger partial charge in [-0.05, 0) is 18.1 Å². The predicted octanol–water partition coefficient (Wildman–Crippen LogP) is 2.75. The first-order valence-corrected chi connectivity index (χ1v) is 8.34. The summed E-state index contributed by atoms with van der Waals surface area (Å²) in [6, 6.07) is 8.34. The van der Waals surface area contributed by atoms with E-state index in [0.717, 1.165) is 10.7 Å². The Morgan fingerprint density at radius 1 is 1.26 bits per heavy atom. The molecule has 2 aromatic rings. The molecule has 2 rings (SSSR count). The van der Waals surface area contributed by atoms with Crippen molar-refractivity contribution in [3.8, 4) is 0 Å². The fourth-order valence-corrected chi connectivity index (χ4v) is 3.51. The summed E-state index contributed by atoms with van der Waals surface area (Å²) < 4.78 is 26.6. The zero-order valence-corrected chi connectivity index (χ0v) is 12.5. The lowest BCUT2D eigenvalue weighted by molar-refractivity contribution is 0.581. The van der Waals surface area contributed by atoms with Crippen LogP contribution in [0.1, 0.15) is 30.5 Å². The van der Waals surface area contributed by atoms with Crippen molar-refractivity contribution in [2.75, 3.05) is 0 Å². The summed E-state index contributed by atoms with van der Waals surface area (Å²) in [5, 5.41) is 2.75. The highest BCUT2D eigenvalue weighted by Gasteiger charge is 2.14. The highest BCUT2D eigenvalue weighted by molar-refractivity contribution is 7.89. The second-order valence-corrected chi connectivity index (χ2v) is 7.17. The number of sulfonamides is 1. The maximum absolute atomic E-state index is 12.0. The summed E-state index contributed by atoms with van der Waals surface area (Å²) in [6.07, 6.45) is 0. The Balaban J connectivity index is 2.06. The molecule has 0 fully saturated rings. The highest BCUT2D eigenvalue weighted by atomic mass is 32.2. The quantitative estimate of drug-likeness (QED) is 0.923. The maximum Gasteiger partial charge on any atom is 0.240 e. The van der Waals surface area contributed by atoms with E-state index >= 15 is 0 Å². The van der Waals surface area contributed by atoms with E-state index in [2.05, 4.69) is 23.6 Å². The molecule has 0 aliphatic carbocycles. The molecule has 1 heterocycles. The molecule has 1 N–H and O–H groups in total. The molecule has 4 nitrogen and oxygen atoms in total. The summed E-state index contributed by atoms with van der Waals surface area (Å²) >= 11 is 1.48. The van der Waals surface area contributed by atoms with E-state index in [1.54, 1.807) is 30.3 Å². The molecule has 0 amide bonds. The van der Waals surface area contributed by atoms with Gasteiger partial charge in [-0.25, -0.2) is 18.1 Å². The fraction of sp³-hybridized carbons (Fsp3) is 0.308. The number of benzene rings is 1. The van der Waals surface area contributed by atoms with Gasteiger partial charge in [-0.15, -0.1) is 11.3 Å². The number of hydrogen-bond donors (Lipinski definition) is 1. The molecule has 0 atom stereocenters. The monoisotopic (exact) mass is 296 g/mol. The molecule has 19 heavy (non-hydrogen) atoms. The maximum atomic E-state index is 12.0. The zero-order chi connectivity index (χ0) is 13.9. The molecule has 1 aromatic heterocycles. The van der Waals surface area contributed by atoms with Crippen LogP contribution in [-0.4, -0.2) is 13.4 Å². The van der Waals surface area contributed by atoms with E-state index in [1.165, 1.54) is 11.3 Å². The molecule has 0 radical (unpaired) electrons. The Morgan fingerprint density at radius 3 is 2.53 bits per heavy atom. The van der Waals surface area contributed by atoms with Crippen LogP contribution in [-0.2, 0) is 16.6 Å². The summed E-state index contributed by atoms with van der Waals surface area (Å²) in [4.78, 5) is 4.67. The van der Waals surface area contributed by atoms with E-state index in [-0.39, 0.29) is 11.4 Å². The van der Waals surface area contributed by atoms with Crippen LogP contribution in [0.5, 0.6) is 0 Å². The normalized spacial score (nSPS) is 11.9. The van der Waals surface area contributed by atoms with Gasteiger partial charge in [0, 0.05) is 5.38 Å². The van der Waals surface area contributed by atoms with Gasteiger partial charge in [-0.3, -0.25) is 0 Å². The van der Waals surface area contributed by atoms with Gasteiger partial charge in [0.1, 0.15) is 5.01 Å². The topological polar surface area (TPSA) is 59.1 Å². The first-order chi connectivity index (χ1) is 8.99. The van der Waals surface area contributed by atoms with E-state index in [0.29, 0.717) is 5.92 Å². The Hall–Kier alpha value is -1.24. The Kier molecular flexibility index (Phi) is 4.34. The molecule has 0 aliphatic heterocycles. The van der Waals surface area contributed by atoms with Crippen LogP contribution in [0.2, 0.25) is 0 Å². The smallest absolute Gasteiger partial charge is 0.240 e. The van der Waals surface area contributed by atoms with E-state index in [1.807, 2.05) is 5.38 Å². The van der Waals surface area contributed by atoms with Gasteiger partial charge in [0.05, 0.1) is 17.1 Å². The van der Waals surface area contributed by atoms with Gasteiger partial charge in [0.15, 0.2) is 0 Å². The van der Waals surface area contributed by atoms with Gasteiger partial charge in [-0.2, -0.15) is 0 Å². The Bertz CT molecular complexity index is 634. The lowest BCUT2D eigenvalue weighted by Crippen LogP contribution is -2.23. The lowest BCUT2D eigenvalue weighted by Gasteiger charge is -2.04. The molecule has 0 spiro atoms. The van der Waals surface area contributed by atoms with Crippen molar-refractivity contribution in [2.24, 2.45) is 0 Å². The van der Waals surface area contributed by atoms with Crippen molar-refractivity contribution >= 4 is 21.4 Å². The van der Waals surface area contributed by atoms with Crippen LogP contribution in [0, 0.1) is 0 Å². The summed E-state index contributed by atoms with van der Waals surface area (Å²) in [6.45, 7) is 4.36. The van der Waals surface area contributed by atoms with Gasteiger partial charge >= 0.3 is 0 Å². The minimum Gasteiger partial charge on any atom is -0.245 e. The molecule has 102 valence electrons. The molecular weight excluding hydrogens is 280 g/mol. The highest BCUT2D eigenvalue weighted by Crippen LogP contribution is 2.18. The second kappa shape index (κ2) is 5.81. The van der Waals surface area contributed by atoms with Crippen LogP contribution in [0.25, 0.3) is 0 Å². The van der Waals surface area contributed by atoms with Crippen molar-refractivity contribution in [1.29, 1.82) is 0 Å². The number of hydrogen-bond acceptors (Lipinski definition) is 4. The molecule has 0 aliphatic rings. The van der Waals surface area contributed by atoms with Gasteiger partial charge in [0.25, 0.3) is 0 Å². The Labute approximate surface area is 117 Å². The average molecular weight is 296 g/mol. The number of thiazole rings is 1. The number of aromatic nitrogens is 1. The third-order valence-electron chi connectivity index (χ3n) is 2.63. The van der Waals surface area contributed by atoms with E-state index in [9.17, 15) is 8.42 Å². The Morgan fingerprint density at radius 2 is 1.95 bits per heavy atom. The van der Waals surface area contributed by atoms with Gasteiger partial charge in [-0.1, -0.05) is 32.0 Å². The fourth-order valence-electron chi connectivity index (χ4n) is 1.51. The molecule has 6 heteroatoms. The number of nitrogens with zero attached hydrogens (tertiary/aromatic N) is 1. The van der Waals surface area contributed by atoms with Crippen molar-refractivity contribution < 1.29 is 8.42 Å². The number of nitrogens with one attached hydrogen (secondary N) is 1. The molecule has 0 unspecified atom stereocenters. The predicted molar refractivity (Wildman–Crippen MR) is 76.7 cm³/mol. The summed E-state index contributed by atoms with van der Waals surface area (Å²) in [5.41, 5.74) is 0.999. The van der Waals surface area contributed by atoms with Crippen LogP contribution < -0.4 is 4.72 Å². The van der Waals surface area contributed by atoms with Gasteiger partial charge < -0.3 is 0 Å². The van der Waals surface area contributed by atoms with Crippen LogP contribution in [0.15, 0.2) is 40.6 Å². The number of rotatable bonds is 5. The third-order valence-corrected chi connectivity index (χ3v) is 4.91. The van der Waals surface area contributed by atoms with Crippen LogP contribution >= 0.6 is 11.3 Å². The lowest BCUT2D eigenvalue weighted by atomic mass is 10.2. The third kappa shape index (κ3) is 3.62. The van der Waals surface area contributed by atoms with Gasteiger partial charge in [0.2, 0.25) is 10.0 Å². The van der Waals surface area contributed by atoms with Crippen LogP contribution in [0.3, 0.4) is 0 Å². The minimum absolute atomic E-state index is 0.231. The molecule has 1 aromatic carbocycles. The van der Waals surface area contributed by atoms with Crippen molar-refractivity contribution in [2.45, 2.75) is 31.2 Å². The summed E-state index contributed by atoms with van der Waals surface area (Å²) in [5.74, 6) is 0.357. The molecule has 0 saturated heterocycles. The van der Waals surface area contributed by atoms with Crippen molar-refractivity contribution in [1.82, 2.24) is 9.71 Å². The molecule has 0 bridgehead atoms.